The second kappa shape index (κ2) is 5.65. The van der Waals surface area contributed by atoms with E-state index in [1.54, 1.807) is 12.1 Å². The molecule has 0 aromatic heterocycles. The Morgan fingerprint density at radius 2 is 2.11 bits per heavy atom. The molecular formula is C14H15BrO3. The molecule has 0 bridgehead atoms. The standard InChI is InChI=1S/C14H15BrO3/c15-11-5-1-4-10(7-11)13(16)8-9-3-2-6-12(9)14(17)18/h1,4-5,7,9,12H,2-3,6,8H2,(H,17,18)/t9-,12+/m0/s1. The maximum atomic E-state index is 12.1. The number of hydrogen-bond acceptors (Lipinski definition) is 2. The molecule has 2 rings (SSSR count). The van der Waals surface area contributed by atoms with E-state index in [1.165, 1.54) is 0 Å². The molecule has 0 amide bonds. The highest BCUT2D eigenvalue weighted by atomic mass is 79.9. The molecule has 1 aliphatic rings. The van der Waals surface area contributed by atoms with Gasteiger partial charge in [-0.25, -0.2) is 0 Å². The summed E-state index contributed by atoms with van der Waals surface area (Å²) in [5.41, 5.74) is 0.653. The molecule has 1 aliphatic carbocycles. The first-order valence-electron chi connectivity index (χ1n) is 6.09. The van der Waals surface area contributed by atoms with Crippen LogP contribution in [-0.4, -0.2) is 16.9 Å². The fourth-order valence-corrected chi connectivity index (χ4v) is 3.02. The normalized spacial score (nSPS) is 22.9. The van der Waals surface area contributed by atoms with Crippen LogP contribution in [0.3, 0.4) is 0 Å². The fraction of sp³-hybridized carbons (Fsp3) is 0.429. The Morgan fingerprint density at radius 3 is 2.78 bits per heavy atom. The highest BCUT2D eigenvalue weighted by molar-refractivity contribution is 9.10. The third-order valence-electron chi connectivity index (χ3n) is 3.57. The maximum absolute atomic E-state index is 12.1. The number of halogens is 1. The molecule has 0 heterocycles. The van der Waals surface area contributed by atoms with Gasteiger partial charge in [0, 0.05) is 16.5 Å². The van der Waals surface area contributed by atoms with Crippen molar-refractivity contribution in [2.45, 2.75) is 25.7 Å². The van der Waals surface area contributed by atoms with Gasteiger partial charge in [0.1, 0.15) is 0 Å². The van der Waals surface area contributed by atoms with Crippen LogP contribution in [0.4, 0.5) is 0 Å². The summed E-state index contributed by atoms with van der Waals surface area (Å²) in [6, 6.07) is 7.25. The van der Waals surface area contributed by atoms with Crippen molar-refractivity contribution in [3.05, 3.63) is 34.3 Å². The fourth-order valence-electron chi connectivity index (χ4n) is 2.62. The maximum Gasteiger partial charge on any atom is 0.306 e. The molecule has 3 nitrogen and oxygen atoms in total. The molecule has 96 valence electrons. The monoisotopic (exact) mass is 310 g/mol. The number of carbonyl (C=O) groups excluding carboxylic acids is 1. The summed E-state index contributed by atoms with van der Waals surface area (Å²) >= 11 is 3.33. The van der Waals surface area contributed by atoms with Crippen molar-refractivity contribution in [1.82, 2.24) is 0 Å². The highest BCUT2D eigenvalue weighted by Gasteiger charge is 2.34. The Balaban J connectivity index is 2.05. The first-order chi connectivity index (χ1) is 8.58. The van der Waals surface area contributed by atoms with Gasteiger partial charge in [0.25, 0.3) is 0 Å². The van der Waals surface area contributed by atoms with Crippen molar-refractivity contribution >= 4 is 27.7 Å². The average molecular weight is 311 g/mol. The van der Waals surface area contributed by atoms with Gasteiger partial charge in [0.05, 0.1) is 5.92 Å². The van der Waals surface area contributed by atoms with Gasteiger partial charge < -0.3 is 5.11 Å². The lowest BCUT2D eigenvalue weighted by Crippen LogP contribution is -2.20. The minimum Gasteiger partial charge on any atom is -0.481 e. The average Bonchev–Trinajstić information content (AvgIpc) is 2.77. The lowest BCUT2D eigenvalue weighted by atomic mass is 9.89. The lowest BCUT2D eigenvalue weighted by molar-refractivity contribution is -0.142. The van der Waals surface area contributed by atoms with Gasteiger partial charge in [-0.2, -0.15) is 0 Å². The lowest BCUT2D eigenvalue weighted by Gasteiger charge is -2.14. The topological polar surface area (TPSA) is 54.4 Å². The molecule has 18 heavy (non-hydrogen) atoms. The summed E-state index contributed by atoms with van der Waals surface area (Å²) in [5, 5.41) is 9.09. The minimum atomic E-state index is -0.764. The van der Waals surface area contributed by atoms with Crippen LogP contribution in [0, 0.1) is 11.8 Å². The molecule has 1 aromatic rings. The summed E-state index contributed by atoms with van der Waals surface area (Å²) in [7, 11) is 0. The van der Waals surface area contributed by atoms with E-state index in [4.69, 9.17) is 5.11 Å². The van der Waals surface area contributed by atoms with Gasteiger partial charge in [0.2, 0.25) is 0 Å². The zero-order valence-corrected chi connectivity index (χ0v) is 11.5. The Labute approximate surface area is 114 Å². The second-order valence-electron chi connectivity index (χ2n) is 4.77. The van der Waals surface area contributed by atoms with E-state index in [1.807, 2.05) is 12.1 Å². The summed E-state index contributed by atoms with van der Waals surface area (Å²) in [5.74, 6) is -1.08. The van der Waals surface area contributed by atoms with Crippen LogP contribution in [0.5, 0.6) is 0 Å². The van der Waals surface area contributed by atoms with Crippen molar-refractivity contribution in [3.8, 4) is 0 Å². The number of carbonyl (C=O) groups is 2. The van der Waals surface area contributed by atoms with Crippen molar-refractivity contribution in [1.29, 1.82) is 0 Å². The number of rotatable bonds is 4. The number of Topliss-reactive ketones (excluding diaryl/α,β-unsaturated/α-hetero) is 1. The quantitative estimate of drug-likeness (QED) is 0.866. The number of benzene rings is 1. The van der Waals surface area contributed by atoms with Crippen LogP contribution in [0.25, 0.3) is 0 Å². The molecule has 0 unspecified atom stereocenters. The Bertz CT molecular complexity index is 470. The van der Waals surface area contributed by atoms with Gasteiger partial charge >= 0.3 is 5.97 Å². The highest BCUT2D eigenvalue weighted by Crippen LogP contribution is 2.35. The van der Waals surface area contributed by atoms with Crippen LogP contribution in [-0.2, 0) is 4.79 Å². The minimum absolute atomic E-state index is 0.00557. The molecule has 1 N–H and O–H groups in total. The summed E-state index contributed by atoms with van der Waals surface area (Å²) in [6.45, 7) is 0. The van der Waals surface area contributed by atoms with E-state index < -0.39 is 5.97 Å². The van der Waals surface area contributed by atoms with E-state index in [0.717, 1.165) is 17.3 Å². The van der Waals surface area contributed by atoms with Crippen molar-refractivity contribution in [2.75, 3.05) is 0 Å². The van der Waals surface area contributed by atoms with Crippen LogP contribution in [0.2, 0.25) is 0 Å². The first kappa shape index (κ1) is 13.3. The van der Waals surface area contributed by atoms with Crippen molar-refractivity contribution < 1.29 is 14.7 Å². The number of hydrogen-bond donors (Lipinski definition) is 1. The molecule has 1 saturated carbocycles. The molecule has 1 fully saturated rings. The van der Waals surface area contributed by atoms with Crippen LogP contribution >= 0.6 is 15.9 Å². The smallest absolute Gasteiger partial charge is 0.306 e. The Kier molecular flexibility index (Phi) is 4.17. The second-order valence-corrected chi connectivity index (χ2v) is 5.69. The Morgan fingerprint density at radius 1 is 1.33 bits per heavy atom. The van der Waals surface area contributed by atoms with E-state index in [2.05, 4.69) is 15.9 Å². The zero-order chi connectivity index (χ0) is 13.1. The van der Waals surface area contributed by atoms with Gasteiger partial charge in [-0.3, -0.25) is 9.59 Å². The molecule has 0 saturated heterocycles. The van der Waals surface area contributed by atoms with E-state index in [0.29, 0.717) is 18.4 Å². The molecule has 0 spiro atoms. The largest absolute Gasteiger partial charge is 0.481 e. The summed E-state index contributed by atoms with van der Waals surface area (Å²) in [6.07, 6.45) is 2.79. The van der Waals surface area contributed by atoms with Crippen LogP contribution in [0.15, 0.2) is 28.7 Å². The van der Waals surface area contributed by atoms with E-state index in [-0.39, 0.29) is 17.6 Å². The molecule has 1 aromatic carbocycles. The van der Waals surface area contributed by atoms with Crippen molar-refractivity contribution in [2.24, 2.45) is 11.8 Å². The third-order valence-corrected chi connectivity index (χ3v) is 4.06. The van der Waals surface area contributed by atoms with E-state index >= 15 is 0 Å². The first-order valence-corrected chi connectivity index (χ1v) is 6.89. The SMILES string of the molecule is O=C(C[C@@H]1CCC[C@H]1C(=O)O)c1cccc(Br)c1. The van der Waals surface area contributed by atoms with Crippen LogP contribution < -0.4 is 0 Å². The number of carboxylic acids is 1. The van der Waals surface area contributed by atoms with Gasteiger partial charge in [-0.15, -0.1) is 0 Å². The van der Waals surface area contributed by atoms with E-state index in [9.17, 15) is 9.59 Å². The predicted octanol–water partition coefficient (Wildman–Crippen LogP) is 3.52. The molecular weight excluding hydrogens is 296 g/mol. The number of carboxylic acid groups (broad SMARTS) is 1. The number of aliphatic carboxylic acids is 1. The summed E-state index contributed by atoms with van der Waals surface area (Å²) < 4.78 is 0.870. The third kappa shape index (κ3) is 2.99. The predicted molar refractivity (Wildman–Crippen MR) is 71.6 cm³/mol. The van der Waals surface area contributed by atoms with Crippen molar-refractivity contribution in [3.63, 3.8) is 0 Å². The van der Waals surface area contributed by atoms with Gasteiger partial charge in [-0.05, 0) is 30.9 Å². The van der Waals surface area contributed by atoms with Gasteiger partial charge in [-0.1, -0.05) is 34.5 Å². The molecule has 2 atom stereocenters. The zero-order valence-electron chi connectivity index (χ0n) is 9.93. The van der Waals surface area contributed by atoms with Crippen LogP contribution in [0.1, 0.15) is 36.0 Å². The molecule has 0 radical (unpaired) electrons. The molecule has 4 heteroatoms. The number of ketones is 1. The Hall–Kier alpha value is -1.16. The van der Waals surface area contributed by atoms with Gasteiger partial charge in [0.15, 0.2) is 5.78 Å². The molecule has 0 aliphatic heterocycles. The summed E-state index contributed by atoms with van der Waals surface area (Å²) in [4.78, 5) is 23.2.